The Hall–Kier alpha value is -3.62. The number of benzene rings is 1. The minimum absolute atomic E-state index is 0.0585. The molecule has 1 aromatic carbocycles. The molecular weight excluding hydrogens is 358 g/mol. The summed E-state index contributed by atoms with van der Waals surface area (Å²) in [6.45, 7) is 5.49. The van der Waals surface area contributed by atoms with E-state index in [9.17, 15) is 9.59 Å². The molecule has 0 radical (unpaired) electrons. The summed E-state index contributed by atoms with van der Waals surface area (Å²) in [7, 11) is 0. The van der Waals surface area contributed by atoms with Gasteiger partial charge in [-0.25, -0.2) is 14.6 Å². The highest BCUT2D eigenvalue weighted by atomic mass is 16.2. The van der Waals surface area contributed by atoms with Crippen molar-refractivity contribution in [2.24, 2.45) is 10.7 Å². The largest absolute Gasteiger partial charge is 0.398 e. The third-order valence-corrected chi connectivity index (χ3v) is 3.73. The van der Waals surface area contributed by atoms with E-state index in [1.54, 1.807) is 0 Å². The number of nitrogens with two attached hydrogens (primary N) is 2. The van der Waals surface area contributed by atoms with Gasteiger partial charge in [0.25, 0.3) is 0 Å². The number of aliphatic imine (C=N–C) groups is 1. The molecule has 4 amide bonds. The average molecular weight is 383 g/mol. The summed E-state index contributed by atoms with van der Waals surface area (Å²) in [6.07, 6.45) is 1.35. The molecule has 0 spiro atoms. The Balaban J connectivity index is 2.02. The fourth-order valence-electron chi connectivity index (χ4n) is 2.38. The van der Waals surface area contributed by atoms with E-state index in [4.69, 9.17) is 11.5 Å². The predicted molar refractivity (Wildman–Crippen MR) is 110 cm³/mol. The first-order chi connectivity index (χ1) is 13.3. The Bertz CT molecular complexity index is 866. The zero-order chi connectivity index (χ0) is 20.7. The maximum Gasteiger partial charge on any atom is 0.343 e. The van der Waals surface area contributed by atoms with Crippen LogP contribution in [0, 0.1) is 0 Å². The highest BCUT2D eigenvalue weighted by molar-refractivity contribution is 6.07. The monoisotopic (exact) mass is 383 g/mol. The van der Waals surface area contributed by atoms with Gasteiger partial charge in [0.05, 0.1) is 11.6 Å². The Morgan fingerprint density at radius 2 is 1.79 bits per heavy atom. The summed E-state index contributed by atoms with van der Waals surface area (Å²) in [5, 5.41) is 8.03. The van der Waals surface area contributed by atoms with Crippen LogP contribution in [0.4, 0.5) is 21.1 Å². The number of amidine groups is 1. The van der Waals surface area contributed by atoms with Crippen molar-refractivity contribution in [2.45, 2.75) is 32.9 Å². The molecular formula is C19H25N7O2. The molecule has 0 aliphatic rings. The first-order valence-corrected chi connectivity index (χ1v) is 8.79. The van der Waals surface area contributed by atoms with Gasteiger partial charge in [-0.3, -0.25) is 5.32 Å². The second-order valence-electron chi connectivity index (χ2n) is 6.49. The van der Waals surface area contributed by atoms with Gasteiger partial charge < -0.3 is 22.1 Å². The molecule has 0 fully saturated rings. The summed E-state index contributed by atoms with van der Waals surface area (Å²) in [4.78, 5) is 31.7. The van der Waals surface area contributed by atoms with Gasteiger partial charge in [-0.1, -0.05) is 30.3 Å². The second kappa shape index (κ2) is 9.36. The summed E-state index contributed by atoms with van der Waals surface area (Å²) in [5.41, 5.74) is 13.3. The quantitative estimate of drug-likeness (QED) is 0.397. The Morgan fingerprint density at radius 1 is 1.11 bits per heavy atom. The van der Waals surface area contributed by atoms with Crippen molar-refractivity contribution in [3.63, 3.8) is 0 Å². The number of nitrogen functional groups attached to an aromatic ring is 1. The minimum atomic E-state index is -0.566. The molecule has 9 heteroatoms. The maximum atomic E-state index is 12.2. The van der Waals surface area contributed by atoms with Gasteiger partial charge in [0.2, 0.25) is 0 Å². The summed E-state index contributed by atoms with van der Waals surface area (Å²) < 4.78 is 0. The van der Waals surface area contributed by atoms with E-state index < -0.39 is 12.1 Å². The SMILES string of the molecule is CC(C)NC(=O)/N=C(/N)c1cnc(NC(=O)N[C@H](C)c2ccccc2)cc1N. The third kappa shape index (κ3) is 5.97. The van der Waals surface area contributed by atoms with E-state index >= 15 is 0 Å². The van der Waals surface area contributed by atoms with Gasteiger partial charge in [-0.05, 0) is 26.3 Å². The predicted octanol–water partition coefficient (Wildman–Crippen LogP) is 2.37. The lowest BCUT2D eigenvalue weighted by atomic mass is 10.1. The number of nitrogens with zero attached hydrogens (tertiary/aromatic N) is 2. The van der Waals surface area contributed by atoms with Crippen LogP contribution in [0.1, 0.15) is 37.9 Å². The number of anilines is 2. The van der Waals surface area contributed by atoms with Gasteiger partial charge in [-0.15, -0.1) is 0 Å². The molecule has 2 rings (SSSR count). The van der Waals surface area contributed by atoms with Crippen LogP contribution in [-0.2, 0) is 0 Å². The highest BCUT2D eigenvalue weighted by Gasteiger charge is 2.12. The van der Waals surface area contributed by atoms with Crippen molar-refractivity contribution < 1.29 is 9.59 Å². The Morgan fingerprint density at radius 3 is 2.39 bits per heavy atom. The molecule has 7 N–H and O–H groups in total. The first kappa shape index (κ1) is 20.7. The van der Waals surface area contributed by atoms with E-state index in [0.717, 1.165) is 5.56 Å². The summed E-state index contributed by atoms with van der Waals surface area (Å²) in [5.74, 6) is 0.190. The topological polar surface area (TPSA) is 148 Å². The van der Waals surface area contributed by atoms with Crippen LogP contribution in [0.3, 0.4) is 0 Å². The number of amides is 4. The van der Waals surface area contributed by atoms with Crippen molar-refractivity contribution in [1.29, 1.82) is 0 Å². The molecule has 28 heavy (non-hydrogen) atoms. The summed E-state index contributed by atoms with van der Waals surface area (Å²) in [6, 6.07) is 9.78. The van der Waals surface area contributed by atoms with Crippen LogP contribution in [0.15, 0.2) is 47.6 Å². The van der Waals surface area contributed by atoms with E-state index in [1.807, 2.05) is 51.1 Å². The molecule has 0 saturated carbocycles. The number of pyridine rings is 1. The number of nitrogens with one attached hydrogen (secondary N) is 3. The van der Waals surface area contributed by atoms with Gasteiger partial charge in [0.1, 0.15) is 11.7 Å². The molecule has 1 aromatic heterocycles. The van der Waals surface area contributed by atoms with Crippen molar-refractivity contribution >= 4 is 29.4 Å². The zero-order valence-corrected chi connectivity index (χ0v) is 16.1. The van der Waals surface area contributed by atoms with Gasteiger partial charge in [0.15, 0.2) is 0 Å². The molecule has 0 saturated heterocycles. The number of urea groups is 2. The smallest absolute Gasteiger partial charge is 0.343 e. The third-order valence-electron chi connectivity index (χ3n) is 3.73. The van der Waals surface area contributed by atoms with Crippen LogP contribution in [0.5, 0.6) is 0 Å². The van der Waals surface area contributed by atoms with Gasteiger partial charge >= 0.3 is 12.1 Å². The molecule has 2 aromatic rings. The lowest BCUT2D eigenvalue weighted by molar-refractivity contribution is 0.247. The molecule has 0 aliphatic carbocycles. The van der Waals surface area contributed by atoms with E-state index in [2.05, 4.69) is 25.9 Å². The normalized spacial score (nSPS) is 12.4. The molecule has 1 atom stereocenters. The van der Waals surface area contributed by atoms with Gasteiger partial charge in [0, 0.05) is 24.0 Å². The van der Waals surface area contributed by atoms with Crippen LogP contribution in [0.25, 0.3) is 0 Å². The van der Waals surface area contributed by atoms with Crippen molar-refractivity contribution in [3.05, 3.63) is 53.7 Å². The number of carbonyl (C=O) groups excluding carboxylic acids is 2. The average Bonchev–Trinajstić information content (AvgIpc) is 2.61. The van der Waals surface area contributed by atoms with Crippen molar-refractivity contribution in [2.75, 3.05) is 11.1 Å². The molecule has 1 heterocycles. The molecule has 9 nitrogen and oxygen atoms in total. The number of carbonyl (C=O) groups is 2. The summed E-state index contributed by atoms with van der Waals surface area (Å²) >= 11 is 0. The van der Waals surface area contributed by atoms with E-state index in [0.29, 0.717) is 5.56 Å². The standard InChI is InChI=1S/C19H25N7O2/c1-11(2)23-18(27)26-17(21)14-10-22-16(9-15(14)20)25-19(28)24-12(3)13-7-5-4-6-8-13/h4-12H,1-3H3,(H3,21,23,26,27)(H4,20,22,24,25,28)/t12-/m1/s1. The minimum Gasteiger partial charge on any atom is -0.398 e. The van der Waals surface area contributed by atoms with Crippen LogP contribution < -0.4 is 27.4 Å². The Labute approximate surface area is 163 Å². The lowest BCUT2D eigenvalue weighted by Crippen LogP contribution is -2.31. The highest BCUT2D eigenvalue weighted by Crippen LogP contribution is 2.16. The van der Waals surface area contributed by atoms with Crippen LogP contribution in [-0.4, -0.2) is 28.9 Å². The first-order valence-electron chi connectivity index (χ1n) is 8.79. The fraction of sp³-hybridized carbons (Fsp3) is 0.263. The van der Waals surface area contributed by atoms with E-state index in [-0.39, 0.29) is 29.4 Å². The van der Waals surface area contributed by atoms with Crippen molar-refractivity contribution in [1.82, 2.24) is 15.6 Å². The zero-order valence-electron chi connectivity index (χ0n) is 16.1. The van der Waals surface area contributed by atoms with Crippen molar-refractivity contribution in [3.8, 4) is 0 Å². The number of hydrogen-bond donors (Lipinski definition) is 5. The van der Waals surface area contributed by atoms with Gasteiger partial charge in [-0.2, -0.15) is 4.99 Å². The molecule has 0 unspecified atom stereocenters. The molecule has 0 aliphatic heterocycles. The second-order valence-corrected chi connectivity index (χ2v) is 6.49. The maximum absolute atomic E-state index is 12.2. The van der Waals surface area contributed by atoms with E-state index in [1.165, 1.54) is 12.3 Å². The molecule has 0 bridgehead atoms. The lowest BCUT2D eigenvalue weighted by Gasteiger charge is -2.15. The van der Waals surface area contributed by atoms with Crippen LogP contribution >= 0.6 is 0 Å². The number of rotatable bonds is 5. The van der Waals surface area contributed by atoms with Crippen LogP contribution in [0.2, 0.25) is 0 Å². The Kier molecular flexibility index (Phi) is 6.91. The fourth-order valence-corrected chi connectivity index (χ4v) is 2.38. The number of aromatic nitrogens is 1. The number of hydrogen-bond acceptors (Lipinski definition) is 4. The molecule has 148 valence electrons.